The highest BCUT2D eigenvalue weighted by Crippen LogP contribution is 2.22. The van der Waals surface area contributed by atoms with E-state index in [1.807, 2.05) is 24.0 Å². The Morgan fingerprint density at radius 3 is 2.90 bits per heavy atom. The predicted molar refractivity (Wildman–Crippen MR) is 86.2 cm³/mol. The zero-order valence-electron chi connectivity index (χ0n) is 10.5. The third kappa shape index (κ3) is 2.03. The molecule has 4 aromatic rings. The maximum absolute atomic E-state index is 4.44. The number of hydrogen-bond donors (Lipinski definition) is 0. The lowest BCUT2D eigenvalue weighted by Gasteiger charge is -2.05. The number of halogens is 1. The summed E-state index contributed by atoms with van der Waals surface area (Å²) < 4.78 is 4.47. The number of thiazole rings is 1. The van der Waals surface area contributed by atoms with E-state index in [-0.39, 0.29) is 0 Å². The summed E-state index contributed by atoms with van der Waals surface area (Å²) in [5.41, 5.74) is 6.38. The molecular weight excluding hydrogens is 334 g/mol. The molecule has 4 rings (SSSR count). The molecule has 0 N–H and O–H groups in total. The molecular formula is C15H10BrN3S. The molecule has 98 valence electrons. The fourth-order valence-corrected chi connectivity index (χ4v) is 3.44. The van der Waals surface area contributed by atoms with E-state index in [9.17, 15) is 0 Å². The minimum Gasteiger partial charge on any atom is -0.326 e. The Bertz CT molecular complexity index is 910. The van der Waals surface area contributed by atoms with Gasteiger partial charge in [-0.2, -0.15) is 0 Å². The van der Waals surface area contributed by atoms with Gasteiger partial charge in [-0.15, -0.1) is 11.3 Å². The van der Waals surface area contributed by atoms with Crippen molar-refractivity contribution >= 4 is 48.5 Å². The molecule has 20 heavy (non-hydrogen) atoms. The van der Waals surface area contributed by atoms with E-state index in [1.165, 1.54) is 10.3 Å². The SMILES string of the molecule is Brc1ccc2ncn(Cc3ccc4ncsc4c3)c2c1. The smallest absolute Gasteiger partial charge is 0.0961 e. The molecule has 0 aliphatic carbocycles. The van der Waals surface area contributed by atoms with Crippen molar-refractivity contribution in [3.05, 3.63) is 58.3 Å². The molecule has 2 heterocycles. The van der Waals surface area contributed by atoms with Gasteiger partial charge in [-0.05, 0) is 35.9 Å². The van der Waals surface area contributed by atoms with E-state index in [1.54, 1.807) is 11.3 Å². The molecule has 0 saturated heterocycles. The molecule has 3 nitrogen and oxygen atoms in total. The van der Waals surface area contributed by atoms with Gasteiger partial charge in [-0.25, -0.2) is 9.97 Å². The second-order valence-electron chi connectivity index (χ2n) is 4.66. The maximum Gasteiger partial charge on any atom is 0.0961 e. The Morgan fingerprint density at radius 1 is 1.05 bits per heavy atom. The summed E-state index contributed by atoms with van der Waals surface area (Å²) in [7, 11) is 0. The van der Waals surface area contributed by atoms with Crippen molar-refractivity contribution in [2.75, 3.05) is 0 Å². The van der Waals surface area contributed by atoms with Crippen LogP contribution in [0.4, 0.5) is 0 Å². The fourth-order valence-electron chi connectivity index (χ4n) is 2.35. The second kappa shape index (κ2) is 4.68. The van der Waals surface area contributed by atoms with Crippen molar-refractivity contribution in [2.24, 2.45) is 0 Å². The first kappa shape index (κ1) is 12.1. The van der Waals surface area contributed by atoms with E-state index in [4.69, 9.17) is 0 Å². The molecule has 0 spiro atoms. The van der Waals surface area contributed by atoms with Gasteiger partial charge in [0.05, 0.1) is 33.1 Å². The minimum atomic E-state index is 0.820. The van der Waals surface area contributed by atoms with E-state index < -0.39 is 0 Å². The summed E-state index contributed by atoms with van der Waals surface area (Å²) in [6, 6.07) is 12.6. The van der Waals surface area contributed by atoms with Crippen molar-refractivity contribution in [1.29, 1.82) is 0 Å². The van der Waals surface area contributed by atoms with Crippen molar-refractivity contribution < 1.29 is 0 Å². The lowest BCUT2D eigenvalue weighted by atomic mass is 10.2. The molecule has 2 aromatic carbocycles. The number of rotatable bonds is 2. The Hall–Kier alpha value is -1.72. The Balaban J connectivity index is 1.77. The minimum absolute atomic E-state index is 0.820. The standard InChI is InChI=1S/C15H10BrN3S/c16-11-2-4-12-14(6-11)19(8-17-12)7-10-1-3-13-15(5-10)20-9-18-13/h1-6,8-9H,7H2. The van der Waals surface area contributed by atoms with Crippen LogP contribution in [0.1, 0.15) is 5.56 Å². The number of imidazole rings is 1. The lowest BCUT2D eigenvalue weighted by Crippen LogP contribution is -1.97. The molecule has 5 heteroatoms. The lowest BCUT2D eigenvalue weighted by molar-refractivity contribution is 0.825. The summed E-state index contributed by atoms with van der Waals surface area (Å²) >= 11 is 5.19. The molecule has 0 aliphatic heterocycles. The molecule has 0 radical (unpaired) electrons. The van der Waals surface area contributed by atoms with Gasteiger partial charge < -0.3 is 4.57 Å². The largest absolute Gasteiger partial charge is 0.326 e. The van der Waals surface area contributed by atoms with Crippen molar-refractivity contribution in [3.63, 3.8) is 0 Å². The van der Waals surface area contributed by atoms with Gasteiger partial charge in [0.1, 0.15) is 0 Å². The van der Waals surface area contributed by atoms with Gasteiger partial charge in [-0.1, -0.05) is 22.0 Å². The van der Waals surface area contributed by atoms with E-state index >= 15 is 0 Å². The summed E-state index contributed by atoms with van der Waals surface area (Å²) in [5, 5.41) is 0. The summed E-state index contributed by atoms with van der Waals surface area (Å²) in [4.78, 5) is 8.75. The van der Waals surface area contributed by atoms with Crippen LogP contribution in [0.5, 0.6) is 0 Å². The normalized spacial score (nSPS) is 11.4. The van der Waals surface area contributed by atoms with Crippen LogP contribution in [0.15, 0.2) is 52.7 Å². The van der Waals surface area contributed by atoms with Crippen molar-refractivity contribution in [3.8, 4) is 0 Å². The first-order valence-corrected chi connectivity index (χ1v) is 7.89. The van der Waals surface area contributed by atoms with E-state index in [0.717, 1.165) is 27.6 Å². The monoisotopic (exact) mass is 343 g/mol. The molecule has 0 aliphatic rings. The number of aromatic nitrogens is 3. The Kier molecular flexibility index (Phi) is 2.82. The van der Waals surface area contributed by atoms with Gasteiger partial charge in [-0.3, -0.25) is 0 Å². The summed E-state index contributed by atoms with van der Waals surface area (Å²) in [6.45, 7) is 0.820. The number of fused-ring (bicyclic) bond motifs is 2. The fraction of sp³-hybridized carbons (Fsp3) is 0.0667. The molecule has 0 amide bonds. The average molecular weight is 344 g/mol. The van der Waals surface area contributed by atoms with Gasteiger partial charge >= 0.3 is 0 Å². The van der Waals surface area contributed by atoms with Crippen LogP contribution in [0.2, 0.25) is 0 Å². The van der Waals surface area contributed by atoms with Gasteiger partial charge in [0.2, 0.25) is 0 Å². The van der Waals surface area contributed by atoms with Crippen LogP contribution in [-0.2, 0) is 6.54 Å². The van der Waals surface area contributed by atoms with E-state index in [0.29, 0.717) is 0 Å². The number of nitrogens with zero attached hydrogens (tertiary/aromatic N) is 3. The van der Waals surface area contributed by atoms with Crippen LogP contribution in [0.3, 0.4) is 0 Å². The van der Waals surface area contributed by atoms with Crippen molar-refractivity contribution in [1.82, 2.24) is 14.5 Å². The molecule has 0 fully saturated rings. The first-order valence-electron chi connectivity index (χ1n) is 6.22. The zero-order chi connectivity index (χ0) is 13.5. The average Bonchev–Trinajstić information content (AvgIpc) is 3.05. The highest BCUT2D eigenvalue weighted by molar-refractivity contribution is 9.10. The van der Waals surface area contributed by atoms with Gasteiger partial charge in [0.15, 0.2) is 0 Å². The maximum atomic E-state index is 4.44. The van der Waals surface area contributed by atoms with Crippen LogP contribution >= 0.6 is 27.3 Å². The summed E-state index contributed by atoms with van der Waals surface area (Å²) in [6.07, 6.45) is 1.90. The second-order valence-corrected chi connectivity index (χ2v) is 6.46. The third-order valence-corrected chi connectivity index (χ3v) is 4.62. The van der Waals surface area contributed by atoms with E-state index in [2.05, 4.69) is 54.7 Å². The Labute approximate surface area is 128 Å². The van der Waals surface area contributed by atoms with Gasteiger partial charge in [0.25, 0.3) is 0 Å². The quantitative estimate of drug-likeness (QED) is 0.538. The molecule has 0 atom stereocenters. The predicted octanol–water partition coefficient (Wildman–Crippen LogP) is 4.46. The van der Waals surface area contributed by atoms with Crippen LogP contribution in [0, 0.1) is 0 Å². The zero-order valence-corrected chi connectivity index (χ0v) is 12.9. The Morgan fingerprint density at radius 2 is 1.95 bits per heavy atom. The molecule has 2 aromatic heterocycles. The van der Waals surface area contributed by atoms with Crippen LogP contribution in [0.25, 0.3) is 21.3 Å². The van der Waals surface area contributed by atoms with Crippen molar-refractivity contribution in [2.45, 2.75) is 6.54 Å². The number of benzene rings is 2. The van der Waals surface area contributed by atoms with Gasteiger partial charge in [0, 0.05) is 11.0 Å². The number of hydrogen-bond acceptors (Lipinski definition) is 3. The molecule has 0 saturated carbocycles. The highest BCUT2D eigenvalue weighted by Gasteiger charge is 2.05. The van der Waals surface area contributed by atoms with Crippen LogP contribution < -0.4 is 0 Å². The van der Waals surface area contributed by atoms with Crippen LogP contribution in [-0.4, -0.2) is 14.5 Å². The molecule has 0 unspecified atom stereocenters. The molecule has 0 bridgehead atoms. The highest BCUT2D eigenvalue weighted by atomic mass is 79.9. The topological polar surface area (TPSA) is 30.7 Å². The third-order valence-electron chi connectivity index (χ3n) is 3.33. The first-order chi connectivity index (χ1) is 9.79. The summed E-state index contributed by atoms with van der Waals surface area (Å²) in [5.74, 6) is 0.